The van der Waals surface area contributed by atoms with Crippen LogP contribution in [0.1, 0.15) is 18.4 Å². The summed E-state index contributed by atoms with van der Waals surface area (Å²) in [5.74, 6) is 0.535. The van der Waals surface area contributed by atoms with E-state index in [1.54, 1.807) is 6.07 Å². The molecule has 1 amide bonds. The molecule has 0 aliphatic carbocycles. The second-order valence-electron chi connectivity index (χ2n) is 7.52. The topological polar surface area (TPSA) is 32.8 Å². The van der Waals surface area contributed by atoms with E-state index in [0.717, 1.165) is 43.7 Å². The molecule has 0 aromatic heterocycles. The van der Waals surface area contributed by atoms with E-state index in [-0.39, 0.29) is 12.1 Å². The SMILES string of the molecule is O=C(OCCc1ccc(Cl)c(Cl)c1)N(c1ccccc1)C1CN2CCC1CC2. The minimum atomic E-state index is -0.273. The number of fused-ring (bicyclic) bond motifs is 3. The van der Waals surface area contributed by atoms with Gasteiger partial charge in [0, 0.05) is 18.7 Å². The molecule has 5 rings (SSSR count). The van der Waals surface area contributed by atoms with Crippen molar-refractivity contribution in [1.82, 2.24) is 4.90 Å². The van der Waals surface area contributed by atoms with Crippen molar-refractivity contribution in [3.8, 4) is 0 Å². The first kappa shape index (κ1) is 19.6. The molecule has 0 saturated carbocycles. The summed E-state index contributed by atoms with van der Waals surface area (Å²) in [4.78, 5) is 17.4. The van der Waals surface area contributed by atoms with Crippen LogP contribution in [-0.4, -0.2) is 43.3 Å². The summed E-state index contributed by atoms with van der Waals surface area (Å²) in [5.41, 5.74) is 1.90. The summed E-state index contributed by atoms with van der Waals surface area (Å²) in [6, 6.07) is 15.5. The van der Waals surface area contributed by atoms with E-state index in [1.165, 1.54) is 0 Å². The zero-order chi connectivity index (χ0) is 19.5. The lowest BCUT2D eigenvalue weighted by molar-refractivity contribution is 0.0791. The van der Waals surface area contributed by atoms with Crippen LogP contribution >= 0.6 is 23.2 Å². The maximum Gasteiger partial charge on any atom is 0.414 e. The van der Waals surface area contributed by atoms with Crippen molar-refractivity contribution in [2.75, 3.05) is 31.1 Å². The van der Waals surface area contributed by atoms with Gasteiger partial charge in [-0.2, -0.15) is 0 Å². The predicted octanol–water partition coefficient (Wildman–Crippen LogP) is 5.27. The van der Waals surface area contributed by atoms with E-state index in [9.17, 15) is 4.79 Å². The summed E-state index contributed by atoms with van der Waals surface area (Å²) in [7, 11) is 0. The monoisotopic (exact) mass is 418 g/mol. The van der Waals surface area contributed by atoms with E-state index < -0.39 is 0 Å². The summed E-state index contributed by atoms with van der Waals surface area (Å²) in [5, 5.41) is 1.05. The molecule has 28 heavy (non-hydrogen) atoms. The highest BCUT2D eigenvalue weighted by atomic mass is 35.5. The fraction of sp³-hybridized carbons (Fsp3) is 0.409. The van der Waals surface area contributed by atoms with Crippen LogP contribution < -0.4 is 4.90 Å². The first-order chi connectivity index (χ1) is 13.6. The number of para-hydroxylation sites is 1. The van der Waals surface area contributed by atoms with Gasteiger partial charge in [-0.3, -0.25) is 4.90 Å². The third-order valence-electron chi connectivity index (χ3n) is 5.78. The maximum absolute atomic E-state index is 13.1. The van der Waals surface area contributed by atoms with Gasteiger partial charge in [0.05, 0.1) is 22.7 Å². The van der Waals surface area contributed by atoms with E-state index in [2.05, 4.69) is 4.90 Å². The van der Waals surface area contributed by atoms with Gasteiger partial charge in [0.2, 0.25) is 0 Å². The molecule has 3 aliphatic rings. The molecule has 6 heteroatoms. The number of benzene rings is 2. The van der Waals surface area contributed by atoms with Gasteiger partial charge in [-0.15, -0.1) is 0 Å². The number of carbonyl (C=O) groups is 1. The van der Waals surface area contributed by atoms with Crippen molar-refractivity contribution in [3.63, 3.8) is 0 Å². The third-order valence-corrected chi connectivity index (χ3v) is 6.52. The Morgan fingerprint density at radius 1 is 1.07 bits per heavy atom. The number of nitrogens with zero attached hydrogens (tertiary/aromatic N) is 2. The largest absolute Gasteiger partial charge is 0.449 e. The van der Waals surface area contributed by atoms with Gasteiger partial charge in [-0.05, 0) is 61.7 Å². The number of hydrogen-bond donors (Lipinski definition) is 0. The lowest BCUT2D eigenvalue weighted by atomic mass is 9.83. The van der Waals surface area contributed by atoms with E-state index in [1.807, 2.05) is 47.4 Å². The second kappa shape index (κ2) is 8.73. The minimum Gasteiger partial charge on any atom is -0.449 e. The molecule has 1 unspecified atom stereocenters. The number of amides is 1. The zero-order valence-electron chi connectivity index (χ0n) is 15.7. The van der Waals surface area contributed by atoms with Crippen molar-refractivity contribution in [1.29, 1.82) is 0 Å². The van der Waals surface area contributed by atoms with Gasteiger partial charge in [0.1, 0.15) is 0 Å². The molecular formula is C22H24Cl2N2O2. The van der Waals surface area contributed by atoms with Crippen molar-refractivity contribution >= 4 is 35.0 Å². The molecule has 1 atom stereocenters. The van der Waals surface area contributed by atoms with Crippen LogP contribution in [0.4, 0.5) is 10.5 Å². The molecule has 3 aliphatic heterocycles. The highest BCUT2D eigenvalue weighted by molar-refractivity contribution is 6.42. The standard InChI is InChI=1S/C22H24Cl2N2O2/c23-19-7-6-16(14-20(19)24)10-13-28-22(27)26(18-4-2-1-3-5-18)21-15-25-11-8-17(21)9-12-25/h1-7,14,17,21H,8-13,15H2. The molecule has 2 aromatic rings. The van der Waals surface area contributed by atoms with Gasteiger partial charge in [-0.25, -0.2) is 4.79 Å². The Balaban J connectivity index is 1.45. The molecule has 3 fully saturated rings. The van der Waals surface area contributed by atoms with E-state index >= 15 is 0 Å². The number of hydrogen-bond acceptors (Lipinski definition) is 3. The Labute approximate surface area is 176 Å². The predicted molar refractivity (Wildman–Crippen MR) is 113 cm³/mol. The van der Waals surface area contributed by atoms with Crippen LogP contribution in [-0.2, 0) is 11.2 Å². The normalized spacial score (nSPS) is 23.4. The smallest absolute Gasteiger partial charge is 0.414 e. The fourth-order valence-corrected chi connectivity index (χ4v) is 4.59. The van der Waals surface area contributed by atoms with Crippen molar-refractivity contribution in [2.24, 2.45) is 5.92 Å². The summed E-state index contributed by atoms with van der Waals surface area (Å²) in [6.07, 6.45) is 2.62. The lowest BCUT2D eigenvalue weighted by Crippen LogP contribution is -2.59. The van der Waals surface area contributed by atoms with Gasteiger partial charge >= 0.3 is 6.09 Å². The third kappa shape index (κ3) is 4.29. The Bertz CT molecular complexity index is 823. The molecule has 4 nitrogen and oxygen atoms in total. The second-order valence-corrected chi connectivity index (χ2v) is 8.34. The van der Waals surface area contributed by atoms with Crippen LogP contribution in [0.25, 0.3) is 0 Å². The van der Waals surface area contributed by atoms with E-state index in [0.29, 0.717) is 29.0 Å². The Morgan fingerprint density at radius 3 is 2.46 bits per heavy atom. The van der Waals surface area contributed by atoms with Crippen molar-refractivity contribution in [3.05, 3.63) is 64.1 Å². The molecule has 3 heterocycles. The molecule has 3 saturated heterocycles. The molecule has 148 valence electrons. The first-order valence-electron chi connectivity index (χ1n) is 9.79. The zero-order valence-corrected chi connectivity index (χ0v) is 17.2. The molecule has 0 radical (unpaired) electrons. The van der Waals surface area contributed by atoms with Gasteiger partial charge in [0.25, 0.3) is 0 Å². The molecule has 0 spiro atoms. The average molecular weight is 419 g/mol. The van der Waals surface area contributed by atoms with E-state index in [4.69, 9.17) is 27.9 Å². The van der Waals surface area contributed by atoms with Crippen LogP contribution in [0.3, 0.4) is 0 Å². The summed E-state index contributed by atoms with van der Waals surface area (Å²) < 4.78 is 5.69. The number of halogens is 2. The van der Waals surface area contributed by atoms with Crippen LogP contribution in [0, 0.1) is 5.92 Å². The van der Waals surface area contributed by atoms with Gasteiger partial charge in [-0.1, -0.05) is 47.5 Å². The van der Waals surface area contributed by atoms with Crippen LogP contribution in [0.5, 0.6) is 0 Å². The number of piperidine rings is 3. The summed E-state index contributed by atoms with van der Waals surface area (Å²) in [6.45, 7) is 3.50. The van der Waals surface area contributed by atoms with Crippen LogP contribution in [0.15, 0.2) is 48.5 Å². The highest BCUT2D eigenvalue weighted by Gasteiger charge is 2.40. The maximum atomic E-state index is 13.1. The Morgan fingerprint density at radius 2 is 1.82 bits per heavy atom. The molecule has 2 bridgehead atoms. The van der Waals surface area contributed by atoms with Crippen molar-refractivity contribution < 1.29 is 9.53 Å². The van der Waals surface area contributed by atoms with Crippen molar-refractivity contribution in [2.45, 2.75) is 25.3 Å². The molecule has 0 N–H and O–H groups in total. The van der Waals surface area contributed by atoms with Crippen LogP contribution in [0.2, 0.25) is 10.0 Å². The minimum absolute atomic E-state index is 0.169. The number of ether oxygens (including phenoxy) is 1. The average Bonchev–Trinajstić information content (AvgIpc) is 2.73. The molecule has 2 aromatic carbocycles. The quantitative estimate of drug-likeness (QED) is 0.662. The fourth-order valence-electron chi connectivity index (χ4n) is 4.27. The number of carbonyl (C=O) groups excluding carboxylic acids is 1. The highest BCUT2D eigenvalue weighted by Crippen LogP contribution is 2.34. The Kier molecular flexibility index (Phi) is 6.10. The lowest BCUT2D eigenvalue weighted by Gasteiger charge is -2.48. The number of anilines is 1. The molecular weight excluding hydrogens is 395 g/mol. The van der Waals surface area contributed by atoms with Gasteiger partial charge < -0.3 is 9.64 Å². The number of rotatable bonds is 5. The first-order valence-corrected chi connectivity index (χ1v) is 10.5. The summed E-state index contributed by atoms with van der Waals surface area (Å²) >= 11 is 12.0. The Hall–Kier alpha value is -1.75. The van der Waals surface area contributed by atoms with Gasteiger partial charge in [0.15, 0.2) is 0 Å².